The van der Waals surface area contributed by atoms with Crippen LogP contribution < -0.4 is 4.74 Å². The molecule has 2 aromatic carbocycles. The predicted molar refractivity (Wildman–Crippen MR) is 91.6 cm³/mol. The summed E-state index contributed by atoms with van der Waals surface area (Å²) < 4.78 is 6.07. The fourth-order valence-electron chi connectivity index (χ4n) is 2.41. The Hall–Kier alpha value is -2.64. The van der Waals surface area contributed by atoms with Crippen molar-refractivity contribution in [2.75, 3.05) is 6.61 Å². The molecular weight excluding hydrogens is 356 g/mol. The normalized spacial score (nSPS) is 12.8. The second kappa shape index (κ2) is 6.23. The first-order valence-electron chi connectivity index (χ1n) is 6.87. The Morgan fingerprint density at radius 3 is 2.30 bits per heavy atom. The van der Waals surface area contributed by atoms with E-state index in [0.29, 0.717) is 21.3 Å². The van der Waals surface area contributed by atoms with Crippen LogP contribution >= 0.6 is 15.9 Å². The number of allylic oxidation sites excluding steroid dienone is 1. The van der Waals surface area contributed by atoms with Crippen LogP contribution in [0.25, 0.3) is 6.08 Å². The molecule has 0 aromatic heterocycles. The van der Waals surface area contributed by atoms with Crippen molar-refractivity contribution in [1.29, 1.82) is 0 Å². The number of carbonyl (C=O) groups is 2. The minimum atomic E-state index is -0.241. The van der Waals surface area contributed by atoms with Crippen molar-refractivity contribution in [3.63, 3.8) is 0 Å². The molecule has 0 atom stereocenters. The van der Waals surface area contributed by atoms with Gasteiger partial charge in [-0.15, -0.1) is 6.42 Å². The average molecular weight is 367 g/mol. The Bertz CT molecular complexity index is 851. The molecule has 4 heteroatoms. The summed E-state index contributed by atoms with van der Waals surface area (Å²) in [6.07, 6.45) is 6.76. The van der Waals surface area contributed by atoms with E-state index in [1.807, 2.05) is 0 Å². The number of carbonyl (C=O) groups excluding carboxylic acids is 2. The number of hydrogen-bond acceptors (Lipinski definition) is 3. The molecule has 0 fully saturated rings. The quantitative estimate of drug-likeness (QED) is 0.469. The number of Topliss-reactive ketones (excluding diaryl/α,β-unsaturated/α-hetero) is 2. The lowest BCUT2D eigenvalue weighted by atomic mass is 10.1. The summed E-state index contributed by atoms with van der Waals surface area (Å²) in [4.78, 5) is 24.7. The van der Waals surface area contributed by atoms with E-state index in [-0.39, 0.29) is 23.7 Å². The zero-order chi connectivity index (χ0) is 16.4. The van der Waals surface area contributed by atoms with Crippen LogP contribution in [0.15, 0.2) is 52.5 Å². The van der Waals surface area contributed by atoms with Crippen LogP contribution in [-0.2, 0) is 0 Å². The van der Waals surface area contributed by atoms with Gasteiger partial charge in [-0.05, 0) is 39.7 Å². The number of benzene rings is 2. The number of fused-ring (bicyclic) bond motifs is 1. The van der Waals surface area contributed by atoms with Gasteiger partial charge in [-0.1, -0.05) is 36.3 Å². The van der Waals surface area contributed by atoms with Crippen LogP contribution in [0.5, 0.6) is 5.75 Å². The van der Waals surface area contributed by atoms with Gasteiger partial charge in [0, 0.05) is 11.1 Å². The van der Waals surface area contributed by atoms with Crippen molar-refractivity contribution in [3.8, 4) is 18.1 Å². The van der Waals surface area contributed by atoms with Gasteiger partial charge in [0.25, 0.3) is 0 Å². The molecule has 3 rings (SSSR count). The summed E-state index contributed by atoms with van der Waals surface area (Å²) in [5.41, 5.74) is 1.82. The minimum absolute atomic E-state index is 0.172. The van der Waals surface area contributed by atoms with Crippen molar-refractivity contribution in [2.24, 2.45) is 0 Å². The highest BCUT2D eigenvalue weighted by Crippen LogP contribution is 2.30. The van der Waals surface area contributed by atoms with Crippen molar-refractivity contribution in [2.45, 2.75) is 0 Å². The van der Waals surface area contributed by atoms with Crippen molar-refractivity contribution >= 4 is 33.6 Å². The summed E-state index contributed by atoms with van der Waals surface area (Å²) in [5, 5.41) is 0. The molecule has 2 aromatic rings. The van der Waals surface area contributed by atoms with Gasteiger partial charge in [0.15, 0.2) is 11.6 Å². The molecular formula is C19H11BrO3. The van der Waals surface area contributed by atoms with E-state index in [1.54, 1.807) is 48.5 Å². The highest BCUT2D eigenvalue weighted by atomic mass is 79.9. The molecule has 0 saturated carbocycles. The maximum absolute atomic E-state index is 12.4. The summed E-state index contributed by atoms with van der Waals surface area (Å²) >= 11 is 3.39. The third-order valence-corrected chi connectivity index (χ3v) is 4.10. The number of ether oxygens (including phenoxy) is 1. The van der Waals surface area contributed by atoms with E-state index in [4.69, 9.17) is 11.2 Å². The standard InChI is InChI=1S/C19H11BrO3/c1-2-9-23-17-8-7-12(11-16(17)20)10-15-18(21)13-5-3-4-6-14(13)19(15)22/h1,3-8,10-11H,9H2. The Labute approximate surface area is 142 Å². The topological polar surface area (TPSA) is 43.4 Å². The molecule has 3 nitrogen and oxygen atoms in total. The fraction of sp³-hybridized carbons (Fsp3) is 0.0526. The van der Waals surface area contributed by atoms with Crippen molar-refractivity contribution < 1.29 is 14.3 Å². The smallest absolute Gasteiger partial charge is 0.197 e. The maximum atomic E-state index is 12.4. The fourth-order valence-corrected chi connectivity index (χ4v) is 2.92. The first-order valence-corrected chi connectivity index (χ1v) is 7.67. The molecule has 0 saturated heterocycles. The number of hydrogen-bond donors (Lipinski definition) is 0. The monoisotopic (exact) mass is 366 g/mol. The van der Waals surface area contributed by atoms with Gasteiger partial charge < -0.3 is 4.74 Å². The predicted octanol–water partition coefficient (Wildman–Crippen LogP) is 3.92. The van der Waals surface area contributed by atoms with Gasteiger partial charge in [0.2, 0.25) is 0 Å². The van der Waals surface area contributed by atoms with E-state index >= 15 is 0 Å². The third-order valence-electron chi connectivity index (χ3n) is 3.48. The third kappa shape index (κ3) is 2.84. The van der Waals surface area contributed by atoms with Gasteiger partial charge in [-0.25, -0.2) is 0 Å². The average Bonchev–Trinajstić information content (AvgIpc) is 2.80. The van der Waals surface area contributed by atoms with Gasteiger partial charge in [0.1, 0.15) is 12.4 Å². The summed E-state index contributed by atoms with van der Waals surface area (Å²) in [5.74, 6) is 2.52. The molecule has 0 radical (unpaired) electrons. The second-order valence-electron chi connectivity index (χ2n) is 4.94. The van der Waals surface area contributed by atoms with Gasteiger partial charge in [-0.3, -0.25) is 9.59 Å². The lowest BCUT2D eigenvalue weighted by Crippen LogP contribution is -2.00. The van der Waals surface area contributed by atoms with Crippen molar-refractivity contribution in [3.05, 3.63) is 69.2 Å². The lowest BCUT2D eigenvalue weighted by molar-refractivity contribution is 0.0990. The van der Waals surface area contributed by atoms with Crippen LogP contribution in [0.1, 0.15) is 26.3 Å². The first kappa shape index (κ1) is 15.3. The molecule has 0 bridgehead atoms. The first-order chi connectivity index (χ1) is 11.1. The number of terminal acetylenes is 1. The summed E-state index contributed by atoms with van der Waals surface area (Å²) in [7, 11) is 0. The molecule has 112 valence electrons. The molecule has 0 amide bonds. The van der Waals surface area contributed by atoms with E-state index < -0.39 is 0 Å². The Morgan fingerprint density at radius 1 is 1.09 bits per heavy atom. The van der Waals surface area contributed by atoms with Crippen LogP contribution in [0.3, 0.4) is 0 Å². The largest absolute Gasteiger partial charge is 0.480 e. The summed E-state index contributed by atoms with van der Waals surface area (Å²) in [6.45, 7) is 0.172. The lowest BCUT2D eigenvalue weighted by Gasteiger charge is -2.06. The highest BCUT2D eigenvalue weighted by Gasteiger charge is 2.32. The molecule has 0 spiro atoms. The molecule has 23 heavy (non-hydrogen) atoms. The summed E-state index contributed by atoms with van der Waals surface area (Å²) in [6, 6.07) is 12.1. The van der Waals surface area contributed by atoms with Crippen LogP contribution in [0.2, 0.25) is 0 Å². The van der Waals surface area contributed by atoms with Gasteiger partial charge in [0.05, 0.1) is 10.0 Å². The number of rotatable bonds is 3. The molecule has 0 unspecified atom stereocenters. The molecule has 0 heterocycles. The van der Waals surface area contributed by atoms with E-state index in [1.165, 1.54) is 0 Å². The van der Waals surface area contributed by atoms with Crippen LogP contribution in [0, 0.1) is 12.3 Å². The molecule has 1 aliphatic carbocycles. The number of ketones is 2. The Kier molecular flexibility index (Phi) is 4.14. The second-order valence-corrected chi connectivity index (χ2v) is 5.80. The van der Waals surface area contributed by atoms with Crippen LogP contribution in [-0.4, -0.2) is 18.2 Å². The SMILES string of the molecule is C#CCOc1ccc(C=C2C(=O)c3ccccc3C2=O)cc1Br. The zero-order valence-corrected chi connectivity index (χ0v) is 13.6. The molecule has 0 aliphatic heterocycles. The highest BCUT2D eigenvalue weighted by molar-refractivity contribution is 9.10. The maximum Gasteiger partial charge on any atom is 0.197 e. The minimum Gasteiger partial charge on any atom is -0.480 e. The Morgan fingerprint density at radius 2 is 1.74 bits per heavy atom. The van der Waals surface area contributed by atoms with Crippen molar-refractivity contribution in [1.82, 2.24) is 0 Å². The molecule has 1 aliphatic rings. The van der Waals surface area contributed by atoms with Gasteiger partial charge in [-0.2, -0.15) is 0 Å². The van der Waals surface area contributed by atoms with Crippen LogP contribution in [0.4, 0.5) is 0 Å². The Balaban J connectivity index is 1.94. The van der Waals surface area contributed by atoms with E-state index in [9.17, 15) is 9.59 Å². The zero-order valence-electron chi connectivity index (χ0n) is 12.0. The van der Waals surface area contributed by atoms with E-state index in [2.05, 4.69) is 21.9 Å². The molecule has 0 N–H and O–H groups in total. The van der Waals surface area contributed by atoms with E-state index in [0.717, 1.165) is 5.56 Å². The number of halogens is 1. The van der Waals surface area contributed by atoms with Gasteiger partial charge >= 0.3 is 0 Å².